The number of ether oxygens (including phenoxy) is 1. The van der Waals surface area contributed by atoms with E-state index < -0.39 is 57.9 Å². The van der Waals surface area contributed by atoms with Gasteiger partial charge in [0.2, 0.25) is 5.88 Å². The Morgan fingerprint density at radius 3 is 1.96 bits per heavy atom. The predicted octanol–water partition coefficient (Wildman–Crippen LogP) is 11.9. The van der Waals surface area contributed by atoms with Gasteiger partial charge in [-0.2, -0.15) is 10.2 Å². The Kier molecular flexibility index (Phi) is 19.4. The van der Waals surface area contributed by atoms with Crippen molar-refractivity contribution >= 4 is 50.3 Å². The molecule has 2 aliphatic heterocycles. The van der Waals surface area contributed by atoms with Gasteiger partial charge in [0.05, 0.1) is 62.2 Å². The van der Waals surface area contributed by atoms with Crippen LogP contribution in [0.1, 0.15) is 110 Å². The SMILES string of the molecule is CC.CNc1nc2nc(C)nc(N[C@H](C)c3cccc(C(F)F)c3F)c2cc1S(=O)C1CCN(C)CC1.COc1nc2nc(C)nc(NCc3cccc(C(F)F)c3F)c2cc1C1(C#N)CCN(Cc2ccccc2)CC1. The molecule has 9 rings (SSSR count). The van der Waals surface area contributed by atoms with Crippen molar-refractivity contribution in [2.75, 3.05) is 63.3 Å². The van der Waals surface area contributed by atoms with Crippen LogP contribution in [0.15, 0.2) is 83.8 Å². The molecule has 0 saturated carbocycles. The minimum atomic E-state index is -2.91. The smallest absolute Gasteiger partial charge is 0.266 e. The standard InChI is InChI=1S/C30H29F3N6O.C24H29F3N6OS.C2H6/c1-19-36-27(35-16-21-9-6-10-22(25(21)31)26(32)33)23-15-24(29(40-2)38-28(23)37-19)30(18-34)11-13-39(14-12-30)17-20-7-4-3-5-8-20;1-13(16-6-5-7-17(20(16)25)21(26)27)29-22-18-12-19(35(34)15-8-10-33(4)11-9-15)24(28-3)32-23(18)31-14(2)30-22;1-2/h3-10,15,26H,11-14,16-17H2,1-2H3,(H,35,36,37,38);5-7,12-13,15,21H,8-11H2,1-4H3,(H2,28,29,30,31,32);1-2H3/t;13-,35?;/m.1./s1. The van der Waals surface area contributed by atoms with Gasteiger partial charge in [-0.25, -0.2) is 51.3 Å². The number of aryl methyl sites for hydroxylation is 2. The van der Waals surface area contributed by atoms with Crippen LogP contribution in [0.3, 0.4) is 0 Å². The van der Waals surface area contributed by atoms with Gasteiger partial charge in [-0.05, 0) is 84.3 Å². The molecule has 21 heteroatoms. The normalized spacial score (nSPS) is 15.7. The molecule has 14 nitrogen and oxygen atoms in total. The maximum absolute atomic E-state index is 14.8. The van der Waals surface area contributed by atoms with Gasteiger partial charge in [-0.1, -0.05) is 80.6 Å². The molecule has 4 aromatic heterocycles. The van der Waals surface area contributed by atoms with Crippen LogP contribution in [0.4, 0.5) is 43.8 Å². The number of piperidine rings is 2. The average Bonchev–Trinajstić information content (AvgIpc) is 3.45. The number of nitrogens with zero attached hydrogens (tertiary/aromatic N) is 9. The molecule has 2 fully saturated rings. The van der Waals surface area contributed by atoms with E-state index in [4.69, 9.17) is 4.74 Å². The molecule has 6 heterocycles. The largest absolute Gasteiger partial charge is 0.481 e. The second-order valence-electron chi connectivity index (χ2n) is 18.8. The van der Waals surface area contributed by atoms with Crippen molar-refractivity contribution in [3.63, 3.8) is 0 Å². The third kappa shape index (κ3) is 13.2. The van der Waals surface area contributed by atoms with E-state index in [1.54, 1.807) is 33.9 Å². The highest BCUT2D eigenvalue weighted by molar-refractivity contribution is 7.85. The Labute approximate surface area is 447 Å². The topological polar surface area (TPSA) is 170 Å². The zero-order valence-corrected chi connectivity index (χ0v) is 45.2. The molecule has 1 unspecified atom stereocenters. The van der Waals surface area contributed by atoms with Gasteiger partial charge < -0.3 is 25.6 Å². The first-order valence-electron chi connectivity index (χ1n) is 25.5. The average molecular weight is 1080 g/mol. The summed E-state index contributed by atoms with van der Waals surface area (Å²) in [5, 5.41) is 20.7. The van der Waals surface area contributed by atoms with Crippen molar-refractivity contribution in [2.24, 2.45) is 0 Å². The summed E-state index contributed by atoms with van der Waals surface area (Å²) in [6.07, 6.45) is -3.03. The molecule has 0 radical (unpaired) electrons. The Morgan fingerprint density at radius 2 is 1.35 bits per heavy atom. The number of nitrogens with one attached hydrogen (secondary N) is 3. The molecule has 2 aliphatic rings. The Morgan fingerprint density at radius 1 is 0.766 bits per heavy atom. The fraction of sp³-hybridized carbons (Fsp3) is 0.411. The lowest BCUT2D eigenvalue weighted by molar-refractivity contribution is 0.145. The third-order valence-electron chi connectivity index (χ3n) is 13.7. The van der Waals surface area contributed by atoms with Gasteiger partial charge in [0.15, 0.2) is 11.3 Å². The van der Waals surface area contributed by atoms with Gasteiger partial charge >= 0.3 is 0 Å². The molecule has 0 aliphatic carbocycles. The van der Waals surface area contributed by atoms with E-state index in [9.17, 15) is 35.8 Å². The van der Waals surface area contributed by atoms with Crippen LogP contribution in [0.2, 0.25) is 0 Å². The lowest BCUT2D eigenvalue weighted by atomic mass is 9.74. The van der Waals surface area contributed by atoms with Gasteiger partial charge in [0, 0.05) is 55.2 Å². The summed E-state index contributed by atoms with van der Waals surface area (Å²) in [6, 6.07) is 23.5. The second-order valence-corrected chi connectivity index (χ2v) is 20.5. The number of nitriles is 1. The number of benzene rings is 3. The maximum Gasteiger partial charge on any atom is 0.266 e. The van der Waals surface area contributed by atoms with Crippen LogP contribution in [0.25, 0.3) is 22.1 Å². The Hall–Kier alpha value is -7.02. The number of methoxy groups -OCH3 is 1. The molecule has 77 heavy (non-hydrogen) atoms. The molecule has 0 spiro atoms. The Bertz CT molecular complexity index is 3230. The summed E-state index contributed by atoms with van der Waals surface area (Å²) in [4.78, 5) is 32.2. The molecule has 0 bridgehead atoms. The molecule has 408 valence electrons. The summed E-state index contributed by atoms with van der Waals surface area (Å²) < 4.78 is 101. The van der Waals surface area contributed by atoms with Crippen LogP contribution in [-0.4, -0.2) is 96.5 Å². The molecule has 2 atom stereocenters. The van der Waals surface area contributed by atoms with Crippen LogP contribution in [0.5, 0.6) is 5.88 Å². The van der Waals surface area contributed by atoms with Gasteiger partial charge in [-0.3, -0.25) is 9.11 Å². The number of alkyl halides is 4. The van der Waals surface area contributed by atoms with Crippen molar-refractivity contribution in [3.05, 3.63) is 136 Å². The second kappa shape index (κ2) is 25.9. The molecule has 2 saturated heterocycles. The number of rotatable bonds is 15. The van der Waals surface area contributed by atoms with E-state index in [1.165, 1.54) is 36.9 Å². The zero-order chi connectivity index (χ0) is 55.6. The molecule has 7 aromatic rings. The van der Waals surface area contributed by atoms with Crippen molar-refractivity contribution in [3.8, 4) is 11.9 Å². The quantitative estimate of drug-likeness (QED) is 0.0829. The van der Waals surface area contributed by atoms with E-state index in [0.717, 1.165) is 57.7 Å². The van der Waals surface area contributed by atoms with Crippen LogP contribution >= 0.6 is 0 Å². The zero-order valence-electron chi connectivity index (χ0n) is 44.4. The number of pyridine rings is 2. The first kappa shape index (κ1) is 57.7. The van der Waals surface area contributed by atoms with E-state index in [2.05, 4.69) is 73.9 Å². The molecule has 3 N–H and O–H groups in total. The fourth-order valence-electron chi connectivity index (χ4n) is 9.56. The number of anilines is 3. The van der Waals surface area contributed by atoms with Crippen molar-refractivity contribution in [2.45, 2.75) is 108 Å². The van der Waals surface area contributed by atoms with Crippen LogP contribution < -0.4 is 20.7 Å². The lowest BCUT2D eigenvalue weighted by Gasteiger charge is -2.38. The van der Waals surface area contributed by atoms with Gasteiger partial charge in [0.1, 0.15) is 40.7 Å². The van der Waals surface area contributed by atoms with Crippen molar-refractivity contribution in [1.82, 2.24) is 39.7 Å². The van der Waals surface area contributed by atoms with E-state index in [-0.39, 0.29) is 22.9 Å². The van der Waals surface area contributed by atoms with Gasteiger partial charge in [-0.15, -0.1) is 0 Å². The van der Waals surface area contributed by atoms with E-state index in [0.29, 0.717) is 80.3 Å². The first-order valence-corrected chi connectivity index (χ1v) is 26.7. The summed E-state index contributed by atoms with van der Waals surface area (Å²) in [7, 11) is 3.98. The van der Waals surface area contributed by atoms with E-state index in [1.807, 2.05) is 45.2 Å². The van der Waals surface area contributed by atoms with E-state index >= 15 is 0 Å². The van der Waals surface area contributed by atoms with Crippen molar-refractivity contribution < 1.29 is 35.3 Å². The monoisotopic (exact) mass is 1080 g/mol. The fourth-order valence-corrected chi connectivity index (χ4v) is 11.1. The highest BCUT2D eigenvalue weighted by atomic mass is 32.2. The highest BCUT2D eigenvalue weighted by Gasteiger charge is 2.40. The molecular weight excluding hydrogens is 1020 g/mol. The van der Waals surface area contributed by atoms with Crippen molar-refractivity contribution in [1.29, 1.82) is 5.26 Å². The van der Waals surface area contributed by atoms with Crippen LogP contribution in [0, 0.1) is 36.8 Å². The lowest BCUT2D eigenvalue weighted by Crippen LogP contribution is -2.41. The summed E-state index contributed by atoms with van der Waals surface area (Å²) in [6.45, 7) is 13.0. The number of hydrogen-bond acceptors (Lipinski definition) is 14. The minimum Gasteiger partial charge on any atom is -0.481 e. The molecular formula is C56H64F6N12O2S. The summed E-state index contributed by atoms with van der Waals surface area (Å²) in [5.41, 5.74) is 0.670. The highest BCUT2D eigenvalue weighted by Crippen LogP contribution is 2.42. The summed E-state index contributed by atoms with van der Waals surface area (Å²) in [5.74, 6) is 0.515. The van der Waals surface area contributed by atoms with Crippen LogP contribution in [-0.2, 0) is 29.3 Å². The third-order valence-corrected chi connectivity index (χ3v) is 15.6. The number of likely N-dealkylation sites (tertiary alicyclic amines) is 2. The van der Waals surface area contributed by atoms with Gasteiger partial charge in [0.25, 0.3) is 12.9 Å². The predicted molar refractivity (Wildman–Crippen MR) is 289 cm³/mol. The number of hydrogen-bond donors (Lipinski definition) is 3. The Balaban J connectivity index is 0.000000219. The first-order chi connectivity index (χ1) is 37.0. The minimum absolute atomic E-state index is 0.00503. The summed E-state index contributed by atoms with van der Waals surface area (Å²) >= 11 is 0. The maximum atomic E-state index is 14.8. The molecule has 3 aromatic carbocycles. The number of fused-ring (bicyclic) bond motifs is 2. The number of aromatic nitrogens is 6. The number of halogens is 6. The molecule has 0 amide bonds.